The number of hydrogen-bond acceptors (Lipinski definition) is 4. The number of allylic oxidation sites excluding steroid dienone is 1. The molecule has 1 aromatic rings. The third-order valence-electron chi connectivity index (χ3n) is 2.64. The maximum absolute atomic E-state index is 11.9. The normalized spacial score (nSPS) is 12.3. The molecule has 1 unspecified atom stereocenters. The van der Waals surface area contributed by atoms with Crippen molar-refractivity contribution in [3.63, 3.8) is 0 Å². The Morgan fingerprint density at radius 2 is 2.15 bits per heavy atom. The van der Waals surface area contributed by atoms with Crippen molar-refractivity contribution in [3.8, 4) is 0 Å². The number of H-pyrrole nitrogens is 1. The van der Waals surface area contributed by atoms with Gasteiger partial charge in [0.2, 0.25) is 0 Å². The Labute approximate surface area is 113 Å². The zero-order chi connectivity index (χ0) is 15.3. The number of carboxylic acid groups (broad SMARTS) is 1. The van der Waals surface area contributed by atoms with Crippen LogP contribution in [0.4, 0.5) is 0 Å². The Bertz CT molecular complexity index is 656. The zero-order valence-corrected chi connectivity index (χ0v) is 11.0. The average Bonchev–Trinajstić information content (AvgIpc) is 2.40. The lowest BCUT2D eigenvalue weighted by Gasteiger charge is -2.12. The second-order valence-electron chi connectivity index (χ2n) is 4.04. The summed E-state index contributed by atoms with van der Waals surface area (Å²) in [5.41, 5.74) is -1.77. The molecular weight excluding hydrogens is 266 g/mol. The van der Waals surface area contributed by atoms with Gasteiger partial charge >= 0.3 is 11.7 Å². The highest BCUT2D eigenvalue weighted by atomic mass is 16.4. The lowest BCUT2D eigenvalue weighted by molar-refractivity contribution is -0.139. The van der Waals surface area contributed by atoms with Crippen LogP contribution in [0, 0.1) is 0 Å². The summed E-state index contributed by atoms with van der Waals surface area (Å²) >= 11 is 0. The summed E-state index contributed by atoms with van der Waals surface area (Å²) in [6, 6.07) is -1.14. The topological polar surface area (TPSA) is 121 Å². The number of aromatic nitrogens is 2. The van der Waals surface area contributed by atoms with E-state index in [1.807, 2.05) is 0 Å². The zero-order valence-electron chi connectivity index (χ0n) is 11.0. The van der Waals surface area contributed by atoms with Crippen LogP contribution in [0.5, 0.6) is 0 Å². The lowest BCUT2D eigenvalue weighted by Crippen LogP contribution is -2.44. The van der Waals surface area contributed by atoms with Gasteiger partial charge in [0.05, 0.1) is 0 Å². The van der Waals surface area contributed by atoms with E-state index in [0.29, 0.717) is 0 Å². The van der Waals surface area contributed by atoms with Gasteiger partial charge in [-0.25, -0.2) is 9.59 Å². The molecule has 1 atom stereocenters. The summed E-state index contributed by atoms with van der Waals surface area (Å²) in [5, 5.41) is 11.2. The van der Waals surface area contributed by atoms with Crippen molar-refractivity contribution in [3.05, 3.63) is 44.8 Å². The number of carboxylic acids is 1. The van der Waals surface area contributed by atoms with Crippen molar-refractivity contribution in [1.82, 2.24) is 14.9 Å². The molecule has 0 aliphatic rings. The Morgan fingerprint density at radius 3 is 2.70 bits per heavy atom. The number of rotatable bonds is 5. The summed E-state index contributed by atoms with van der Waals surface area (Å²) in [4.78, 5) is 48.0. The maximum Gasteiger partial charge on any atom is 0.328 e. The van der Waals surface area contributed by atoms with Crippen LogP contribution in [0.1, 0.15) is 23.7 Å². The highest BCUT2D eigenvalue weighted by molar-refractivity contribution is 5.96. The first-order valence-electron chi connectivity index (χ1n) is 5.82. The Hall–Kier alpha value is -2.64. The standard InChI is InChI=1S/C12H15N3O5/c1-3-4-5-8(11(18)19)14-9(16)7-6-13-12(20)15(2)10(7)17/h3-4,6,8H,5H2,1-2H3,(H,13,20)(H,14,16)(H,18,19)/b4-3+. The number of aromatic amines is 1. The molecule has 8 nitrogen and oxygen atoms in total. The van der Waals surface area contributed by atoms with E-state index in [0.717, 1.165) is 10.8 Å². The molecule has 1 amide bonds. The van der Waals surface area contributed by atoms with E-state index >= 15 is 0 Å². The highest BCUT2D eigenvalue weighted by Gasteiger charge is 2.21. The molecule has 8 heteroatoms. The SMILES string of the molecule is C/C=C/CC(NC(=O)c1c[nH]c(=O)n(C)c1=O)C(=O)O. The summed E-state index contributed by atoms with van der Waals surface area (Å²) in [6.45, 7) is 1.72. The minimum absolute atomic E-state index is 0.0985. The van der Waals surface area contributed by atoms with Gasteiger partial charge in [0.15, 0.2) is 0 Å². The van der Waals surface area contributed by atoms with Gasteiger partial charge < -0.3 is 15.4 Å². The van der Waals surface area contributed by atoms with Crippen molar-refractivity contribution in [2.75, 3.05) is 0 Å². The maximum atomic E-state index is 11.9. The predicted molar refractivity (Wildman–Crippen MR) is 70.6 cm³/mol. The molecule has 1 heterocycles. The van der Waals surface area contributed by atoms with Gasteiger partial charge in [-0.1, -0.05) is 12.2 Å². The van der Waals surface area contributed by atoms with Gasteiger partial charge in [0.1, 0.15) is 11.6 Å². The van der Waals surface area contributed by atoms with Gasteiger partial charge in [-0.05, 0) is 13.3 Å². The summed E-state index contributed by atoms with van der Waals surface area (Å²) in [7, 11) is 1.21. The molecule has 0 bridgehead atoms. The summed E-state index contributed by atoms with van der Waals surface area (Å²) in [5.74, 6) is -2.06. The molecule has 20 heavy (non-hydrogen) atoms. The Morgan fingerprint density at radius 1 is 1.50 bits per heavy atom. The average molecular weight is 281 g/mol. The molecule has 0 aliphatic heterocycles. The van der Waals surface area contributed by atoms with E-state index in [9.17, 15) is 19.2 Å². The van der Waals surface area contributed by atoms with E-state index < -0.39 is 29.2 Å². The number of hydrogen-bond donors (Lipinski definition) is 3. The quantitative estimate of drug-likeness (QED) is 0.611. The van der Waals surface area contributed by atoms with Crippen molar-refractivity contribution in [2.24, 2.45) is 7.05 Å². The predicted octanol–water partition coefficient (Wildman–Crippen LogP) is -0.777. The molecule has 3 N–H and O–H groups in total. The molecule has 0 saturated heterocycles. The number of nitrogens with zero attached hydrogens (tertiary/aromatic N) is 1. The van der Waals surface area contributed by atoms with Gasteiger partial charge in [0.25, 0.3) is 11.5 Å². The fourth-order valence-electron chi connectivity index (χ4n) is 1.46. The van der Waals surface area contributed by atoms with E-state index in [2.05, 4.69) is 10.3 Å². The Kier molecular flexibility index (Phi) is 5.01. The van der Waals surface area contributed by atoms with E-state index in [1.165, 1.54) is 7.05 Å². The molecule has 0 aromatic carbocycles. The smallest absolute Gasteiger partial charge is 0.328 e. The third-order valence-corrected chi connectivity index (χ3v) is 2.64. The van der Waals surface area contributed by atoms with Crippen LogP contribution in [0.3, 0.4) is 0 Å². The minimum Gasteiger partial charge on any atom is -0.480 e. The molecule has 1 rings (SSSR count). The van der Waals surface area contributed by atoms with Gasteiger partial charge in [0, 0.05) is 13.2 Å². The van der Waals surface area contributed by atoms with Crippen LogP contribution in [0.15, 0.2) is 27.9 Å². The fourth-order valence-corrected chi connectivity index (χ4v) is 1.46. The second-order valence-corrected chi connectivity index (χ2v) is 4.04. The van der Waals surface area contributed by atoms with Crippen LogP contribution in [-0.4, -0.2) is 32.6 Å². The van der Waals surface area contributed by atoms with Crippen molar-refractivity contribution >= 4 is 11.9 Å². The first-order valence-corrected chi connectivity index (χ1v) is 5.82. The van der Waals surface area contributed by atoms with E-state index in [-0.39, 0.29) is 12.0 Å². The minimum atomic E-state index is -1.21. The molecule has 0 saturated carbocycles. The number of amides is 1. The molecule has 0 radical (unpaired) electrons. The van der Waals surface area contributed by atoms with Crippen LogP contribution in [-0.2, 0) is 11.8 Å². The first-order chi connectivity index (χ1) is 9.38. The summed E-state index contributed by atoms with van der Waals surface area (Å²) < 4.78 is 0.733. The third kappa shape index (κ3) is 3.44. The fraction of sp³-hybridized carbons (Fsp3) is 0.333. The molecule has 0 spiro atoms. The molecule has 1 aromatic heterocycles. The van der Waals surface area contributed by atoms with Crippen LogP contribution in [0.25, 0.3) is 0 Å². The lowest BCUT2D eigenvalue weighted by atomic mass is 10.2. The number of nitrogens with one attached hydrogen (secondary N) is 2. The van der Waals surface area contributed by atoms with E-state index in [1.54, 1.807) is 19.1 Å². The van der Waals surface area contributed by atoms with Crippen molar-refractivity contribution in [2.45, 2.75) is 19.4 Å². The van der Waals surface area contributed by atoms with Gasteiger partial charge in [-0.15, -0.1) is 0 Å². The largest absolute Gasteiger partial charge is 0.480 e. The molecule has 108 valence electrons. The van der Waals surface area contributed by atoms with E-state index in [4.69, 9.17) is 5.11 Å². The van der Waals surface area contributed by atoms with Gasteiger partial charge in [-0.3, -0.25) is 14.2 Å². The van der Waals surface area contributed by atoms with Crippen LogP contribution in [0.2, 0.25) is 0 Å². The second kappa shape index (κ2) is 6.50. The van der Waals surface area contributed by atoms with Crippen LogP contribution < -0.4 is 16.6 Å². The first kappa shape index (κ1) is 15.4. The van der Waals surface area contributed by atoms with Crippen molar-refractivity contribution < 1.29 is 14.7 Å². The number of carbonyl (C=O) groups is 2. The number of carbonyl (C=O) groups excluding carboxylic acids is 1. The molecular formula is C12H15N3O5. The number of aliphatic carboxylic acids is 1. The Balaban J connectivity index is 3.01. The highest BCUT2D eigenvalue weighted by Crippen LogP contribution is 1.97. The molecule has 0 aliphatic carbocycles. The summed E-state index contributed by atoms with van der Waals surface area (Å²) in [6.07, 6.45) is 4.31. The van der Waals surface area contributed by atoms with Gasteiger partial charge in [-0.2, -0.15) is 0 Å². The molecule has 0 fully saturated rings. The van der Waals surface area contributed by atoms with Crippen molar-refractivity contribution in [1.29, 1.82) is 0 Å². The monoisotopic (exact) mass is 281 g/mol. The van der Waals surface area contributed by atoms with Crippen LogP contribution >= 0.6 is 0 Å².